The summed E-state index contributed by atoms with van der Waals surface area (Å²) in [7, 11) is 0. The minimum atomic E-state index is -0.683. The van der Waals surface area contributed by atoms with E-state index >= 15 is 0 Å². The first-order valence-corrected chi connectivity index (χ1v) is 8.96. The van der Waals surface area contributed by atoms with Crippen LogP contribution in [0.4, 0.5) is 5.69 Å². The molecule has 28 heavy (non-hydrogen) atoms. The van der Waals surface area contributed by atoms with Gasteiger partial charge in [0, 0.05) is 6.54 Å². The summed E-state index contributed by atoms with van der Waals surface area (Å²) in [5.41, 5.74) is 0.625. The molecule has 8 heteroatoms. The van der Waals surface area contributed by atoms with Crippen LogP contribution in [0.15, 0.2) is 36.4 Å². The van der Waals surface area contributed by atoms with Gasteiger partial charge in [-0.15, -0.1) is 0 Å². The molecule has 1 heterocycles. The van der Waals surface area contributed by atoms with Gasteiger partial charge in [-0.3, -0.25) is 24.1 Å². The van der Waals surface area contributed by atoms with E-state index in [2.05, 4.69) is 5.32 Å². The molecule has 0 unspecified atom stereocenters. The monoisotopic (exact) mass is 381 g/mol. The van der Waals surface area contributed by atoms with Gasteiger partial charge in [-0.25, -0.2) is 0 Å². The third-order valence-electron chi connectivity index (χ3n) is 4.82. The van der Waals surface area contributed by atoms with E-state index in [0.29, 0.717) is 24.1 Å². The molecule has 0 aromatic heterocycles. The van der Waals surface area contributed by atoms with E-state index < -0.39 is 18.5 Å². The second-order valence-electron chi connectivity index (χ2n) is 6.60. The van der Waals surface area contributed by atoms with Crippen molar-refractivity contribution in [3.63, 3.8) is 0 Å². The predicted octanol–water partition coefficient (Wildman–Crippen LogP) is 1.38. The van der Waals surface area contributed by atoms with E-state index in [-0.39, 0.29) is 36.6 Å². The number of hydrogen-bond acceptors (Lipinski definition) is 6. The van der Waals surface area contributed by atoms with Crippen LogP contribution in [0.25, 0.3) is 0 Å². The number of nitriles is 1. The fourth-order valence-electron chi connectivity index (χ4n) is 3.39. The fraction of sp³-hybridized carbons (Fsp3) is 0.350. The summed E-state index contributed by atoms with van der Waals surface area (Å²) in [4.78, 5) is 49.5. The van der Waals surface area contributed by atoms with Gasteiger partial charge < -0.3 is 10.1 Å². The summed E-state index contributed by atoms with van der Waals surface area (Å²) >= 11 is 0. The van der Waals surface area contributed by atoms with E-state index in [0.717, 1.165) is 4.90 Å². The van der Waals surface area contributed by atoms with Crippen LogP contribution in [0, 0.1) is 23.2 Å². The Morgan fingerprint density at radius 1 is 1.14 bits per heavy atom. The van der Waals surface area contributed by atoms with Crippen molar-refractivity contribution in [1.29, 1.82) is 5.26 Å². The lowest BCUT2D eigenvalue weighted by molar-refractivity contribution is -0.148. The molecular weight excluding hydrogens is 362 g/mol. The molecule has 3 rings (SSSR count). The van der Waals surface area contributed by atoms with Crippen LogP contribution in [-0.2, 0) is 23.9 Å². The number of fused-ring (bicyclic) bond motifs is 1. The number of anilines is 1. The van der Waals surface area contributed by atoms with E-state index in [1.807, 2.05) is 18.2 Å². The number of nitrogens with one attached hydrogen (secondary N) is 1. The molecule has 3 amide bonds. The van der Waals surface area contributed by atoms with E-state index in [4.69, 9.17) is 10.00 Å². The van der Waals surface area contributed by atoms with Crippen molar-refractivity contribution in [2.75, 3.05) is 18.5 Å². The zero-order chi connectivity index (χ0) is 20.1. The topological polar surface area (TPSA) is 117 Å². The number of para-hydroxylation sites is 1. The predicted molar refractivity (Wildman–Crippen MR) is 97.4 cm³/mol. The summed E-state index contributed by atoms with van der Waals surface area (Å²) < 4.78 is 4.90. The highest BCUT2D eigenvalue weighted by atomic mass is 16.5. The van der Waals surface area contributed by atoms with E-state index in [1.165, 1.54) is 0 Å². The number of ether oxygens (including phenoxy) is 1. The number of carbonyl (C=O) groups excluding carboxylic acids is 4. The van der Waals surface area contributed by atoms with Crippen molar-refractivity contribution in [2.45, 2.75) is 19.3 Å². The maximum atomic E-state index is 12.3. The van der Waals surface area contributed by atoms with Crippen LogP contribution < -0.4 is 5.32 Å². The average molecular weight is 381 g/mol. The molecule has 0 saturated carbocycles. The Morgan fingerprint density at radius 2 is 1.79 bits per heavy atom. The van der Waals surface area contributed by atoms with E-state index in [1.54, 1.807) is 24.3 Å². The van der Waals surface area contributed by atoms with E-state index in [9.17, 15) is 19.2 Å². The van der Waals surface area contributed by atoms with Crippen molar-refractivity contribution in [1.82, 2.24) is 4.90 Å². The summed E-state index contributed by atoms with van der Waals surface area (Å²) in [6.45, 7) is -0.571. The summed E-state index contributed by atoms with van der Waals surface area (Å²) in [6.07, 6.45) is 4.70. The number of rotatable bonds is 6. The molecule has 1 aliphatic heterocycles. The molecule has 1 aliphatic carbocycles. The molecule has 1 fully saturated rings. The lowest BCUT2D eigenvalue weighted by atomic mass is 9.85. The van der Waals surface area contributed by atoms with Gasteiger partial charge in [-0.05, 0) is 25.0 Å². The van der Waals surface area contributed by atoms with Crippen LogP contribution >= 0.6 is 0 Å². The van der Waals surface area contributed by atoms with Crippen LogP contribution in [-0.4, -0.2) is 41.7 Å². The van der Waals surface area contributed by atoms with Crippen molar-refractivity contribution in [3.8, 4) is 6.07 Å². The molecule has 0 spiro atoms. The zero-order valence-electron chi connectivity index (χ0n) is 15.1. The largest absolute Gasteiger partial charge is 0.456 e. The Kier molecular flexibility index (Phi) is 5.84. The van der Waals surface area contributed by atoms with Gasteiger partial charge in [0.1, 0.15) is 6.07 Å². The number of amides is 3. The highest BCUT2D eigenvalue weighted by Crippen LogP contribution is 2.34. The molecule has 1 aromatic carbocycles. The molecule has 2 aliphatic rings. The number of benzene rings is 1. The van der Waals surface area contributed by atoms with Crippen LogP contribution in [0.3, 0.4) is 0 Å². The van der Waals surface area contributed by atoms with Crippen molar-refractivity contribution in [3.05, 3.63) is 42.0 Å². The standard InChI is InChI=1S/C20H19N3O5/c21-11-13-5-1-4-8-16(13)22-17(24)12-28-18(25)9-10-23-19(26)14-6-2-3-7-15(14)20(23)27/h1-5,8,14-15H,6-7,9-10,12H2,(H,22,24)/t14-,15+. The average Bonchev–Trinajstić information content (AvgIpc) is 2.95. The number of nitrogens with zero attached hydrogens (tertiary/aromatic N) is 2. The molecule has 1 aromatic rings. The molecule has 0 radical (unpaired) electrons. The number of allylic oxidation sites excluding steroid dienone is 2. The zero-order valence-corrected chi connectivity index (χ0v) is 15.1. The number of hydrogen-bond donors (Lipinski definition) is 1. The minimum Gasteiger partial charge on any atom is -0.456 e. The first-order chi connectivity index (χ1) is 13.5. The van der Waals surface area contributed by atoms with Crippen LogP contribution in [0.1, 0.15) is 24.8 Å². The molecule has 1 saturated heterocycles. The first kappa shape index (κ1) is 19.3. The highest BCUT2D eigenvalue weighted by molar-refractivity contribution is 6.05. The number of carbonyl (C=O) groups is 4. The van der Waals surface area contributed by atoms with Gasteiger partial charge in [-0.2, -0.15) is 5.26 Å². The fourth-order valence-corrected chi connectivity index (χ4v) is 3.39. The second kappa shape index (κ2) is 8.48. The van der Waals surface area contributed by atoms with Crippen molar-refractivity contribution >= 4 is 29.4 Å². The SMILES string of the molecule is N#Cc1ccccc1NC(=O)COC(=O)CCN1C(=O)[C@H]2CC=CC[C@H]2C1=O. The molecular formula is C20H19N3O5. The van der Waals surface area contributed by atoms with Gasteiger partial charge in [0.25, 0.3) is 5.91 Å². The Labute approximate surface area is 161 Å². The number of imide groups is 1. The molecule has 1 N–H and O–H groups in total. The third kappa shape index (κ3) is 4.09. The molecule has 0 bridgehead atoms. The Morgan fingerprint density at radius 3 is 2.43 bits per heavy atom. The van der Waals surface area contributed by atoms with Gasteiger partial charge in [0.15, 0.2) is 6.61 Å². The van der Waals surface area contributed by atoms with Gasteiger partial charge in [0.2, 0.25) is 11.8 Å². The van der Waals surface area contributed by atoms with Gasteiger partial charge >= 0.3 is 5.97 Å². The normalized spacial score (nSPS) is 20.5. The van der Waals surface area contributed by atoms with Crippen LogP contribution in [0.2, 0.25) is 0 Å². The number of esters is 1. The minimum absolute atomic E-state index is 0.0532. The summed E-state index contributed by atoms with van der Waals surface area (Å²) in [5.74, 6) is -2.44. The Balaban J connectivity index is 1.45. The quantitative estimate of drug-likeness (QED) is 0.452. The molecule has 2 atom stereocenters. The maximum absolute atomic E-state index is 12.3. The Hall–Kier alpha value is -3.47. The first-order valence-electron chi connectivity index (χ1n) is 8.96. The molecule has 144 valence electrons. The third-order valence-corrected chi connectivity index (χ3v) is 4.82. The lowest BCUT2D eigenvalue weighted by Crippen LogP contribution is -2.33. The van der Waals surface area contributed by atoms with Crippen molar-refractivity contribution in [2.24, 2.45) is 11.8 Å². The van der Waals surface area contributed by atoms with Crippen LogP contribution in [0.5, 0.6) is 0 Å². The van der Waals surface area contributed by atoms with Gasteiger partial charge in [0.05, 0.1) is 29.5 Å². The number of likely N-dealkylation sites (tertiary alicyclic amines) is 1. The van der Waals surface area contributed by atoms with Crippen molar-refractivity contribution < 1.29 is 23.9 Å². The smallest absolute Gasteiger partial charge is 0.308 e. The summed E-state index contributed by atoms with van der Waals surface area (Å²) in [5, 5.41) is 11.5. The van der Waals surface area contributed by atoms with Gasteiger partial charge in [-0.1, -0.05) is 24.3 Å². The lowest BCUT2D eigenvalue weighted by Gasteiger charge is -2.14. The maximum Gasteiger partial charge on any atom is 0.308 e. The summed E-state index contributed by atoms with van der Waals surface area (Å²) in [6, 6.07) is 8.41. The Bertz CT molecular complexity index is 860. The highest BCUT2D eigenvalue weighted by Gasteiger charge is 2.46. The second-order valence-corrected chi connectivity index (χ2v) is 6.60. The molecule has 8 nitrogen and oxygen atoms in total.